The molecule has 0 aromatic carbocycles. The SMILES string of the molecule is CC1(C)CCN(C(=O)OC(C)(C)C)[CH]([Zn+])C1.[Cl-]. The van der Waals surface area contributed by atoms with E-state index in [4.69, 9.17) is 4.74 Å². The van der Waals surface area contributed by atoms with Crippen LogP contribution in [0.25, 0.3) is 0 Å². The molecule has 1 heterocycles. The van der Waals surface area contributed by atoms with Crippen LogP contribution in [0.15, 0.2) is 0 Å². The Bertz CT molecular complexity index is 276. The second-order valence-electron chi connectivity index (χ2n) is 6.45. The maximum atomic E-state index is 12.0. The van der Waals surface area contributed by atoms with E-state index < -0.39 is 0 Å². The molecule has 0 spiro atoms. The van der Waals surface area contributed by atoms with Crippen molar-refractivity contribution in [3.05, 3.63) is 0 Å². The fraction of sp³-hybridized carbons (Fsp3) is 0.917. The third kappa shape index (κ3) is 5.57. The largest absolute Gasteiger partial charge is 1.00 e. The predicted molar refractivity (Wildman–Crippen MR) is 59.7 cm³/mol. The standard InChI is InChI=1S/C12H22NO2.ClH.Zn/c1-11(2,3)15-10(14)13-8-6-12(4,5)7-9-13;;/h8H,6-7,9H2,1-5H3;1H;/q;;+1/p-1. The number of carbonyl (C=O) groups excluding carboxylic acids is 1. The Morgan fingerprint density at radius 1 is 1.41 bits per heavy atom. The number of hydrogen-bond acceptors (Lipinski definition) is 2. The minimum atomic E-state index is -0.385. The Morgan fingerprint density at radius 2 is 1.94 bits per heavy atom. The van der Waals surface area contributed by atoms with E-state index in [0.717, 1.165) is 37.7 Å². The normalized spacial score (nSPS) is 23.9. The number of rotatable bonds is 0. The smallest absolute Gasteiger partial charge is 1.00 e. The van der Waals surface area contributed by atoms with Crippen LogP contribution in [-0.2, 0) is 23.0 Å². The van der Waals surface area contributed by atoms with Crippen molar-refractivity contribution in [1.29, 1.82) is 0 Å². The van der Waals surface area contributed by atoms with Crippen LogP contribution < -0.4 is 12.4 Å². The van der Waals surface area contributed by atoms with E-state index in [2.05, 4.69) is 13.8 Å². The van der Waals surface area contributed by atoms with E-state index in [0.29, 0.717) is 10.1 Å². The molecule has 5 heteroatoms. The van der Waals surface area contributed by atoms with Gasteiger partial charge in [0.25, 0.3) is 0 Å². The molecule has 0 radical (unpaired) electrons. The maximum Gasteiger partial charge on any atom is -1.00 e. The Balaban J connectivity index is 0.00000256. The van der Waals surface area contributed by atoms with Crippen molar-refractivity contribution in [2.45, 2.75) is 57.7 Å². The van der Waals surface area contributed by atoms with Crippen molar-refractivity contribution in [2.75, 3.05) is 6.54 Å². The minimum Gasteiger partial charge on any atom is -1.00 e. The van der Waals surface area contributed by atoms with Crippen LogP contribution in [0.4, 0.5) is 4.79 Å². The van der Waals surface area contributed by atoms with Gasteiger partial charge in [-0.2, -0.15) is 0 Å². The topological polar surface area (TPSA) is 29.5 Å². The third-order valence-corrected chi connectivity index (χ3v) is 4.42. The van der Waals surface area contributed by atoms with Crippen LogP contribution in [0.2, 0.25) is 0 Å². The quantitative estimate of drug-likeness (QED) is 0.586. The van der Waals surface area contributed by atoms with Gasteiger partial charge in [0.15, 0.2) is 0 Å². The molecule has 1 aliphatic rings. The summed E-state index contributed by atoms with van der Waals surface area (Å²) in [7, 11) is 0. The van der Waals surface area contributed by atoms with Gasteiger partial charge in [-0.25, -0.2) is 0 Å². The summed E-state index contributed by atoms with van der Waals surface area (Å²) in [6, 6.07) is 0. The first kappa shape index (κ1) is 17.2. The Kier molecular flexibility index (Phi) is 5.95. The molecule has 1 unspecified atom stereocenters. The van der Waals surface area contributed by atoms with Gasteiger partial charge in [0.05, 0.1) is 0 Å². The van der Waals surface area contributed by atoms with Gasteiger partial charge in [0, 0.05) is 0 Å². The average Bonchev–Trinajstić information content (AvgIpc) is 1.97. The molecule has 0 N–H and O–H groups in total. The van der Waals surface area contributed by atoms with Crippen molar-refractivity contribution >= 4 is 6.09 Å². The molecule has 1 amide bonds. The number of halogens is 1. The zero-order valence-electron chi connectivity index (χ0n) is 11.5. The van der Waals surface area contributed by atoms with Gasteiger partial charge in [-0.1, -0.05) is 0 Å². The van der Waals surface area contributed by atoms with E-state index in [1.54, 1.807) is 0 Å². The fourth-order valence-electron chi connectivity index (χ4n) is 2.02. The summed E-state index contributed by atoms with van der Waals surface area (Å²) in [5, 5.41) is 0. The summed E-state index contributed by atoms with van der Waals surface area (Å²) < 4.78 is 5.82. The van der Waals surface area contributed by atoms with Crippen molar-refractivity contribution in [3.8, 4) is 0 Å². The number of carbonyl (C=O) groups is 1. The van der Waals surface area contributed by atoms with Crippen molar-refractivity contribution in [1.82, 2.24) is 4.90 Å². The van der Waals surface area contributed by atoms with Gasteiger partial charge < -0.3 is 12.4 Å². The fourth-order valence-corrected chi connectivity index (χ4v) is 4.35. The van der Waals surface area contributed by atoms with E-state index in [9.17, 15) is 4.79 Å². The molecule has 0 bridgehead atoms. The molecule has 1 aliphatic heterocycles. The second kappa shape index (κ2) is 5.88. The van der Waals surface area contributed by atoms with Crippen LogP contribution in [-0.4, -0.2) is 27.8 Å². The summed E-state index contributed by atoms with van der Waals surface area (Å²) in [5.74, 6) is 0. The summed E-state index contributed by atoms with van der Waals surface area (Å²) >= 11 is 1.13. The molecule has 1 fully saturated rings. The van der Waals surface area contributed by atoms with Crippen LogP contribution in [0.3, 0.4) is 0 Å². The van der Waals surface area contributed by atoms with Crippen molar-refractivity contribution in [3.63, 3.8) is 0 Å². The van der Waals surface area contributed by atoms with Gasteiger partial charge in [0.1, 0.15) is 0 Å². The van der Waals surface area contributed by atoms with E-state index >= 15 is 0 Å². The van der Waals surface area contributed by atoms with Gasteiger partial charge >= 0.3 is 108 Å². The summed E-state index contributed by atoms with van der Waals surface area (Å²) in [5.41, 5.74) is -0.00873. The van der Waals surface area contributed by atoms with Gasteiger partial charge in [-0.05, 0) is 0 Å². The molecule has 96 valence electrons. The number of nitrogens with zero attached hydrogens (tertiary/aromatic N) is 1. The first-order valence-corrected chi connectivity index (χ1v) is 7.65. The van der Waals surface area contributed by atoms with Crippen molar-refractivity contribution < 1.29 is 40.2 Å². The van der Waals surface area contributed by atoms with E-state index in [1.165, 1.54) is 0 Å². The molecular weight excluding hydrogens is 291 g/mol. The number of ether oxygens (including phenoxy) is 1. The predicted octanol–water partition coefficient (Wildman–Crippen LogP) is -0.0796. The van der Waals surface area contributed by atoms with Crippen LogP contribution >= 0.6 is 0 Å². The number of amides is 1. The van der Waals surface area contributed by atoms with Gasteiger partial charge in [-0.3, -0.25) is 0 Å². The zero-order valence-corrected chi connectivity index (χ0v) is 15.3. The molecule has 1 saturated heterocycles. The second-order valence-corrected chi connectivity index (χ2v) is 8.42. The van der Waals surface area contributed by atoms with Gasteiger partial charge in [-0.15, -0.1) is 0 Å². The summed E-state index contributed by atoms with van der Waals surface area (Å²) in [4.78, 5) is 13.9. The molecule has 17 heavy (non-hydrogen) atoms. The average molecular weight is 313 g/mol. The minimum absolute atomic E-state index is 0. The first-order valence-electron chi connectivity index (χ1n) is 5.93. The van der Waals surface area contributed by atoms with E-state index in [1.807, 2.05) is 25.7 Å². The monoisotopic (exact) mass is 311 g/mol. The Morgan fingerprint density at radius 3 is 2.35 bits per heavy atom. The molecule has 1 atom stereocenters. The molecule has 1 rings (SSSR count). The molecule has 0 saturated carbocycles. The Labute approximate surface area is 121 Å². The molecule has 0 aliphatic carbocycles. The molecule has 0 aromatic heterocycles. The molecule has 0 aromatic rings. The summed E-state index contributed by atoms with van der Waals surface area (Å²) in [6.45, 7) is 11.1. The zero-order chi connectivity index (χ0) is 12.6. The first-order chi connectivity index (χ1) is 7.11. The van der Waals surface area contributed by atoms with Crippen LogP contribution in [0, 0.1) is 5.41 Å². The number of hydrogen-bond donors (Lipinski definition) is 0. The van der Waals surface area contributed by atoms with Crippen LogP contribution in [0.1, 0.15) is 47.5 Å². The molecule has 3 nitrogen and oxygen atoms in total. The van der Waals surface area contributed by atoms with Crippen molar-refractivity contribution in [2.24, 2.45) is 5.41 Å². The maximum absolute atomic E-state index is 12.0. The van der Waals surface area contributed by atoms with Gasteiger partial charge in [0.2, 0.25) is 0 Å². The van der Waals surface area contributed by atoms with E-state index in [-0.39, 0.29) is 24.1 Å². The third-order valence-electron chi connectivity index (χ3n) is 2.89. The van der Waals surface area contributed by atoms with Crippen LogP contribution in [0.5, 0.6) is 0 Å². The molecular formula is C12H22ClNO2Zn. The number of likely N-dealkylation sites (tertiary alicyclic amines) is 1. The number of piperidine rings is 1. The Hall–Kier alpha value is 0.183. The summed E-state index contributed by atoms with van der Waals surface area (Å²) in [6.07, 6.45) is 2.04.